The van der Waals surface area contributed by atoms with Crippen LogP contribution >= 0.6 is 11.8 Å². The van der Waals surface area contributed by atoms with Gasteiger partial charge in [-0.2, -0.15) is 0 Å². The maximum absolute atomic E-state index is 11.5. The number of aliphatic carboxylic acids is 1. The summed E-state index contributed by atoms with van der Waals surface area (Å²) in [6, 6.07) is 0. The van der Waals surface area contributed by atoms with Crippen LogP contribution < -0.4 is 5.32 Å². The number of carbonyl (C=O) groups is 3. The van der Waals surface area contributed by atoms with Crippen LogP contribution in [-0.2, 0) is 14.4 Å². The Kier molecular flexibility index (Phi) is 6.56. The topological polar surface area (TPSA) is 86.7 Å². The molecule has 1 aliphatic rings. The van der Waals surface area contributed by atoms with Crippen molar-refractivity contribution in [3.8, 4) is 0 Å². The quantitative estimate of drug-likeness (QED) is 0.621. The maximum atomic E-state index is 11.5. The minimum Gasteiger partial charge on any atom is -0.481 e. The standard InChI is InChI=1S/C11H18N2O4S/c14-9(6-13-8-18-7-10(13)15)12-5-3-1-2-4-11(16)17/h1-8H2,(H,12,14)(H,16,17). The Bertz CT molecular complexity index is 322. The summed E-state index contributed by atoms with van der Waals surface area (Å²) in [4.78, 5) is 34.5. The first-order chi connectivity index (χ1) is 8.59. The Morgan fingerprint density at radius 3 is 2.72 bits per heavy atom. The summed E-state index contributed by atoms with van der Waals surface area (Å²) in [5, 5.41) is 11.2. The van der Waals surface area contributed by atoms with Gasteiger partial charge in [-0.25, -0.2) is 0 Å². The lowest BCUT2D eigenvalue weighted by Crippen LogP contribution is -2.38. The third-order valence-electron chi connectivity index (χ3n) is 2.55. The highest BCUT2D eigenvalue weighted by Crippen LogP contribution is 2.13. The Hall–Kier alpha value is -1.24. The van der Waals surface area contributed by atoms with Gasteiger partial charge < -0.3 is 15.3 Å². The van der Waals surface area contributed by atoms with E-state index < -0.39 is 5.97 Å². The van der Waals surface area contributed by atoms with Crippen molar-refractivity contribution in [1.82, 2.24) is 10.2 Å². The van der Waals surface area contributed by atoms with E-state index in [1.54, 1.807) is 0 Å². The molecule has 2 amide bonds. The molecule has 0 bridgehead atoms. The van der Waals surface area contributed by atoms with Crippen molar-refractivity contribution >= 4 is 29.5 Å². The summed E-state index contributed by atoms with van der Waals surface area (Å²) in [6.07, 6.45) is 2.35. The van der Waals surface area contributed by atoms with Crippen molar-refractivity contribution in [2.45, 2.75) is 25.7 Å². The van der Waals surface area contributed by atoms with Crippen molar-refractivity contribution in [1.29, 1.82) is 0 Å². The number of hydrogen-bond acceptors (Lipinski definition) is 4. The normalized spacial score (nSPS) is 14.9. The smallest absolute Gasteiger partial charge is 0.303 e. The number of rotatable bonds is 8. The van der Waals surface area contributed by atoms with Gasteiger partial charge in [-0.05, 0) is 12.8 Å². The van der Waals surface area contributed by atoms with Gasteiger partial charge in [0.1, 0.15) is 6.54 Å². The Labute approximate surface area is 110 Å². The molecule has 0 unspecified atom stereocenters. The van der Waals surface area contributed by atoms with Crippen LogP contribution in [0.2, 0.25) is 0 Å². The van der Waals surface area contributed by atoms with E-state index in [-0.39, 0.29) is 24.8 Å². The SMILES string of the molecule is O=C(O)CCCCCNC(=O)CN1CSCC1=O. The largest absolute Gasteiger partial charge is 0.481 e. The predicted molar refractivity (Wildman–Crippen MR) is 68.2 cm³/mol. The fraction of sp³-hybridized carbons (Fsp3) is 0.727. The molecule has 18 heavy (non-hydrogen) atoms. The maximum Gasteiger partial charge on any atom is 0.303 e. The van der Waals surface area contributed by atoms with E-state index in [0.29, 0.717) is 24.6 Å². The average molecular weight is 274 g/mol. The number of unbranched alkanes of at least 4 members (excludes halogenated alkanes) is 2. The van der Waals surface area contributed by atoms with Gasteiger partial charge >= 0.3 is 5.97 Å². The van der Waals surface area contributed by atoms with E-state index in [1.165, 1.54) is 16.7 Å². The van der Waals surface area contributed by atoms with Gasteiger partial charge in [0.25, 0.3) is 0 Å². The van der Waals surface area contributed by atoms with Gasteiger partial charge in [-0.1, -0.05) is 6.42 Å². The second-order valence-electron chi connectivity index (χ2n) is 4.12. The monoisotopic (exact) mass is 274 g/mol. The number of carboxylic acids is 1. The Morgan fingerprint density at radius 1 is 1.33 bits per heavy atom. The van der Waals surface area contributed by atoms with Crippen molar-refractivity contribution in [2.24, 2.45) is 0 Å². The minimum absolute atomic E-state index is 0.0107. The molecule has 2 N–H and O–H groups in total. The summed E-state index contributed by atoms with van der Waals surface area (Å²) >= 11 is 1.51. The van der Waals surface area contributed by atoms with Gasteiger partial charge in [0.2, 0.25) is 11.8 Å². The van der Waals surface area contributed by atoms with E-state index in [1.807, 2.05) is 0 Å². The Morgan fingerprint density at radius 2 is 2.11 bits per heavy atom. The van der Waals surface area contributed by atoms with Crippen molar-refractivity contribution in [3.63, 3.8) is 0 Å². The van der Waals surface area contributed by atoms with E-state index in [9.17, 15) is 14.4 Å². The number of nitrogens with zero attached hydrogens (tertiary/aromatic N) is 1. The number of carboxylic acid groups (broad SMARTS) is 1. The molecule has 1 fully saturated rings. The first kappa shape index (κ1) is 14.8. The molecule has 7 heteroatoms. The summed E-state index contributed by atoms with van der Waals surface area (Å²) in [6.45, 7) is 0.661. The molecule has 0 spiro atoms. The number of thioether (sulfide) groups is 1. The molecule has 6 nitrogen and oxygen atoms in total. The summed E-state index contributed by atoms with van der Waals surface area (Å²) in [7, 11) is 0. The molecule has 0 saturated carbocycles. The molecule has 1 heterocycles. The zero-order valence-corrected chi connectivity index (χ0v) is 11.0. The summed E-state index contributed by atoms with van der Waals surface area (Å²) in [5.41, 5.74) is 0. The van der Waals surface area contributed by atoms with Crippen LogP contribution in [0.1, 0.15) is 25.7 Å². The average Bonchev–Trinajstić information content (AvgIpc) is 2.69. The number of nitrogens with one attached hydrogen (secondary N) is 1. The number of hydrogen-bond donors (Lipinski definition) is 2. The van der Waals surface area contributed by atoms with Crippen LogP contribution in [0.4, 0.5) is 0 Å². The second-order valence-corrected chi connectivity index (χ2v) is 5.08. The summed E-state index contributed by atoms with van der Waals surface area (Å²) in [5.74, 6) is 0.123. The fourth-order valence-electron chi connectivity index (χ4n) is 1.58. The molecule has 1 rings (SSSR count). The zero-order valence-electron chi connectivity index (χ0n) is 10.2. The van der Waals surface area contributed by atoms with Gasteiger partial charge in [0, 0.05) is 13.0 Å². The zero-order chi connectivity index (χ0) is 13.4. The van der Waals surface area contributed by atoms with Crippen LogP contribution in [0.5, 0.6) is 0 Å². The molecular formula is C11H18N2O4S. The van der Waals surface area contributed by atoms with Crippen LogP contribution in [0, 0.1) is 0 Å². The lowest BCUT2D eigenvalue weighted by atomic mass is 10.2. The molecule has 0 aromatic carbocycles. The molecule has 102 valence electrons. The first-order valence-corrected chi connectivity index (χ1v) is 7.09. The number of carbonyl (C=O) groups excluding carboxylic acids is 2. The molecule has 0 atom stereocenters. The third kappa shape index (κ3) is 5.90. The van der Waals surface area contributed by atoms with E-state index in [2.05, 4.69) is 5.32 Å². The van der Waals surface area contributed by atoms with Gasteiger partial charge in [0.05, 0.1) is 11.6 Å². The van der Waals surface area contributed by atoms with Crippen molar-refractivity contribution < 1.29 is 19.5 Å². The second kappa shape index (κ2) is 7.97. The van der Waals surface area contributed by atoms with Gasteiger partial charge in [-0.15, -0.1) is 11.8 Å². The molecular weight excluding hydrogens is 256 g/mol. The molecule has 0 aliphatic carbocycles. The molecule has 0 aromatic heterocycles. The molecule has 1 saturated heterocycles. The third-order valence-corrected chi connectivity index (χ3v) is 3.49. The Balaban J connectivity index is 2.00. The van der Waals surface area contributed by atoms with Gasteiger partial charge in [0.15, 0.2) is 0 Å². The predicted octanol–water partition coefficient (Wildman–Crippen LogP) is 0.281. The van der Waals surface area contributed by atoms with Crippen LogP contribution in [0.3, 0.4) is 0 Å². The van der Waals surface area contributed by atoms with Crippen LogP contribution in [0.25, 0.3) is 0 Å². The molecule has 0 aromatic rings. The van der Waals surface area contributed by atoms with Crippen LogP contribution in [0.15, 0.2) is 0 Å². The lowest BCUT2D eigenvalue weighted by molar-refractivity contribution is -0.137. The summed E-state index contributed by atoms with van der Waals surface area (Å²) < 4.78 is 0. The van der Waals surface area contributed by atoms with Gasteiger partial charge in [-0.3, -0.25) is 14.4 Å². The highest BCUT2D eigenvalue weighted by atomic mass is 32.2. The fourth-order valence-corrected chi connectivity index (χ4v) is 2.48. The molecule has 0 radical (unpaired) electrons. The van der Waals surface area contributed by atoms with Crippen LogP contribution in [-0.4, -0.2) is 52.5 Å². The highest BCUT2D eigenvalue weighted by molar-refractivity contribution is 8.00. The van der Waals surface area contributed by atoms with E-state index in [4.69, 9.17) is 5.11 Å². The van der Waals surface area contributed by atoms with E-state index >= 15 is 0 Å². The minimum atomic E-state index is -0.788. The van der Waals surface area contributed by atoms with Crippen molar-refractivity contribution in [3.05, 3.63) is 0 Å². The number of amides is 2. The van der Waals surface area contributed by atoms with E-state index in [0.717, 1.165) is 12.8 Å². The first-order valence-electron chi connectivity index (χ1n) is 5.93. The lowest BCUT2D eigenvalue weighted by Gasteiger charge is -2.13. The molecule has 1 aliphatic heterocycles. The van der Waals surface area contributed by atoms with Crippen molar-refractivity contribution in [2.75, 3.05) is 24.7 Å². The highest BCUT2D eigenvalue weighted by Gasteiger charge is 2.22.